The minimum absolute atomic E-state index is 0.00240. The van der Waals surface area contributed by atoms with Gasteiger partial charge in [0.15, 0.2) is 23.2 Å². The molecule has 1 aliphatic heterocycles. The van der Waals surface area contributed by atoms with Crippen LogP contribution in [0.4, 0.5) is 16.0 Å². The number of ether oxygens (including phenoxy) is 1. The maximum atomic E-state index is 15.2. The smallest absolute Gasteiger partial charge is 0.262 e. The number of H-pyrrole nitrogens is 1. The number of nitrogens with one attached hydrogen (secondary N) is 3. The molecule has 5 rings (SSSR count). The maximum Gasteiger partial charge on any atom is 0.262 e. The molecule has 3 aromatic rings. The van der Waals surface area contributed by atoms with Gasteiger partial charge in [-0.1, -0.05) is 42.5 Å². The van der Waals surface area contributed by atoms with Crippen molar-refractivity contribution in [2.75, 3.05) is 19.4 Å². The summed E-state index contributed by atoms with van der Waals surface area (Å²) in [6, 6.07) is 11.3. The van der Waals surface area contributed by atoms with Gasteiger partial charge in [0.05, 0.1) is 17.7 Å². The number of hydrogen-bond acceptors (Lipinski definition) is 7. The van der Waals surface area contributed by atoms with E-state index >= 15 is 4.39 Å². The predicted molar refractivity (Wildman–Crippen MR) is 129 cm³/mol. The van der Waals surface area contributed by atoms with E-state index < -0.39 is 17.7 Å². The molecule has 35 heavy (non-hydrogen) atoms. The number of hydrogen-bond donors (Lipinski definition) is 3. The first-order valence-electron chi connectivity index (χ1n) is 11.1. The molecule has 0 saturated carbocycles. The van der Waals surface area contributed by atoms with Crippen LogP contribution in [-0.2, 0) is 0 Å². The first-order valence-corrected chi connectivity index (χ1v) is 11.1. The standard InChI is InChI=1S/C25H24FN7O2/c1-14-11-16-17(29-14)9-10-19(22(16)26)35-24-21(25(34)33(2)3)23(27-13-28-24)30-20-12-18(31-32-20)15-7-5-4-6-8-15/h4-13,16-17,29H,1-3H3,(H2,27,28,30,31,32). The van der Waals surface area contributed by atoms with Crippen molar-refractivity contribution in [3.63, 3.8) is 0 Å². The second-order valence-electron chi connectivity index (χ2n) is 8.48. The van der Waals surface area contributed by atoms with Crippen LogP contribution in [0.1, 0.15) is 17.3 Å². The van der Waals surface area contributed by atoms with Gasteiger partial charge in [0.1, 0.15) is 11.9 Å². The number of anilines is 2. The van der Waals surface area contributed by atoms with Crippen molar-refractivity contribution in [2.45, 2.75) is 13.0 Å². The van der Waals surface area contributed by atoms with Crippen LogP contribution in [0.2, 0.25) is 0 Å². The Labute approximate surface area is 201 Å². The number of halogens is 1. The lowest BCUT2D eigenvalue weighted by Crippen LogP contribution is -2.29. The average Bonchev–Trinajstić information content (AvgIpc) is 3.48. The molecule has 10 heteroatoms. The lowest BCUT2D eigenvalue weighted by atomic mass is 9.95. The summed E-state index contributed by atoms with van der Waals surface area (Å²) in [6.45, 7) is 1.88. The number of aromatic nitrogens is 4. The number of benzene rings is 1. The molecular formula is C25H24FN7O2. The summed E-state index contributed by atoms with van der Waals surface area (Å²) in [5.41, 5.74) is 2.71. The van der Waals surface area contributed by atoms with Crippen LogP contribution in [0.25, 0.3) is 11.3 Å². The first-order chi connectivity index (χ1) is 16.9. The molecule has 1 aromatic carbocycles. The van der Waals surface area contributed by atoms with E-state index in [9.17, 15) is 4.79 Å². The van der Waals surface area contributed by atoms with Crippen LogP contribution < -0.4 is 15.4 Å². The Morgan fingerprint density at radius 2 is 2.00 bits per heavy atom. The minimum Gasteiger partial charge on any atom is -0.435 e. The molecule has 3 heterocycles. The molecule has 0 radical (unpaired) electrons. The SMILES string of the molecule is CC1=CC2C(F)=C(Oc3ncnc(Nc4cc(-c5ccccc5)[nH]n4)c3C(=O)N(C)C)C=CC2N1. The zero-order valence-corrected chi connectivity index (χ0v) is 19.4. The molecule has 0 saturated heterocycles. The number of carbonyl (C=O) groups excluding carboxylic acids is 1. The topological polar surface area (TPSA) is 108 Å². The van der Waals surface area contributed by atoms with E-state index in [-0.39, 0.29) is 29.1 Å². The average molecular weight is 474 g/mol. The first kappa shape index (κ1) is 22.3. The summed E-state index contributed by atoms with van der Waals surface area (Å²) in [5.74, 6) is -0.719. The number of aromatic amines is 1. The Morgan fingerprint density at radius 1 is 1.20 bits per heavy atom. The summed E-state index contributed by atoms with van der Waals surface area (Å²) in [5, 5.41) is 13.5. The minimum atomic E-state index is -0.470. The van der Waals surface area contributed by atoms with Crippen LogP contribution in [0, 0.1) is 5.92 Å². The lowest BCUT2D eigenvalue weighted by molar-refractivity contribution is 0.0824. The quantitative estimate of drug-likeness (QED) is 0.498. The second kappa shape index (κ2) is 9.05. The van der Waals surface area contributed by atoms with Gasteiger partial charge in [0, 0.05) is 25.9 Å². The normalized spacial score (nSPS) is 18.6. The van der Waals surface area contributed by atoms with Gasteiger partial charge < -0.3 is 20.3 Å². The summed E-state index contributed by atoms with van der Waals surface area (Å²) in [4.78, 5) is 22.9. The number of carbonyl (C=O) groups is 1. The fraction of sp³-hybridized carbons (Fsp3) is 0.200. The molecule has 3 N–H and O–H groups in total. The van der Waals surface area contributed by atoms with E-state index in [1.54, 1.807) is 26.2 Å². The Morgan fingerprint density at radius 3 is 2.77 bits per heavy atom. The maximum absolute atomic E-state index is 15.2. The predicted octanol–water partition coefficient (Wildman–Crippen LogP) is 3.93. The molecule has 0 spiro atoms. The van der Waals surface area contributed by atoms with Crippen molar-refractivity contribution in [1.82, 2.24) is 30.4 Å². The number of rotatable bonds is 6. The summed E-state index contributed by atoms with van der Waals surface area (Å²) in [6.07, 6.45) is 6.45. The van der Waals surface area contributed by atoms with Gasteiger partial charge in [-0.05, 0) is 18.6 Å². The second-order valence-corrected chi connectivity index (χ2v) is 8.48. The van der Waals surface area contributed by atoms with Gasteiger partial charge in [-0.2, -0.15) is 5.10 Å². The molecule has 9 nitrogen and oxygen atoms in total. The van der Waals surface area contributed by atoms with E-state index in [0.717, 1.165) is 17.0 Å². The van der Waals surface area contributed by atoms with Crippen molar-refractivity contribution in [1.29, 1.82) is 0 Å². The third kappa shape index (κ3) is 4.37. The van der Waals surface area contributed by atoms with E-state index in [4.69, 9.17) is 4.74 Å². The molecule has 1 aliphatic carbocycles. The molecule has 2 atom stereocenters. The number of fused-ring (bicyclic) bond motifs is 1. The molecular weight excluding hydrogens is 449 g/mol. The fourth-order valence-corrected chi connectivity index (χ4v) is 4.02. The summed E-state index contributed by atoms with van der Waals surface area (Å²) < 4.78 is 21.1. The Hall–Kier alpha value is -4.47. The molecule has 1 amide bonds. The van der Waals surface area contributed by atoms with Gasteiger partial charge in [0.2, 0.25) is 5.88 Å². The third-order valence-corrected chi connectivity index (χ3v) is 5.74. The lowest BCUT2D eigenvalue weighted by Gasteiger charge is -2.22. The van der Waals surface area contributed by atoms with Crippen molar-refractivity contribution < 1.29 is 13.9 Å². The Bertz CT molecular complexity index is 1360. The monoisotopic (exact) mass is 473 g/mol. The van der Waals surface area contributed by atoms with E-state index in [0.29, 0.717) is 5.82 Å². The highest BCUT2D eigenvalue weighted by Gasteiger charge is 2.33. The van der Waals surface area contributed by atoms with Crippen LogP contribution in [-0.4, -0.2) is 51.1 Å². The number of nitrogens with zero attached hydrogens (tertiary/aromatic N) is 4. The Kier molecular flexibility index (Phi) is 5.77. The molecule has 0 bridgehead atoms. The highest BCUT2D eigenvalue weighted by atomic mass is 19.1. The van der Waals surface area contributed by atoms with Gasteiger partial charge in [-0.15, -0.1) is 0 Å². The summed E-state index contributed by atoms with van der Waals surface area (Å²) in [7, 11) is 3.21. The van der Waals surface area contributed by atoms with E-state index in [1.807, 2.05) is 49.4 Å². The molecule has 2 aromatic heterocycles. The van der Waals surface area contributed by atoms with Crippen LogP contribution in [0.5, 0.6) is 5.88 Å². The van der Waals surface area contributed by atoms with Gasteiger partial charge in [-0.3, -0.25) is 9.89 Å². The number of amides is 1. The van der Waals surface area contributed by atoms with Crippen molar-refractivity contribution in [3.8, 4) is 17.1 Å². The van der Waals surface area contributed by atoms with Gasteiger partial charge in [-0.25, -0.2) is 14.4 Å². The zero-order valence-electron chi connectivity index (χ0n) is 19.4. The third-order valence-electron chi connectivity index (χ3n) is 5.74. The van der Waals surface area contributed by atoms with Crippen LogP contribution >= 0.6 is 0 Å². The number of allylic oxidation sites excluding steroid dienone is 2. The summed E-state index contributed by atoms with van der Waals surface area (Å²) >= 11 is 0. The van der Waals surface area contributed by atoms with Gasteiger partial charge >= 0.3 is 0 Å². The largest absolute Gasteiger partial charge is 0.435 e. The molecule has 2 unspecified atom stereocenters. The highest BCUT2D eigenvalue weighted by molar-refractivity contribution is 6.01. The van der Waals surface area contributed by atoms with Crippen LogP contribution in [0.15, 0.2) is 78.2 Å². The highest BCUT2D eigenvalue weighted by Crippen LogP contribution is 2.35. The fourth-order valence-electron chi connectivity index (χ4n) is 4.02. The van der Waals surface area contributed by atoms with Gasteiger partial charge in [0.25, 0.3) is 5.91 Å². The Balaban J connectivity index is 1.48. The zero-order chi connectivity index (χ0) is 24.5. The van der Waals surface area contributed by atoms with E-state index in [1.165, 1.54) is 11.2 Å². The van der Waals surface area contributed by atoms with E-state index in [2.05, 4.69) is 30.8 Å². The molecule has 0 fully saturated rings. The molecule has 178 valence electrons. The molecule has 2 aliphatic rings. The van der Waals surface area contributed by atoms with Crippen molar-refractivity contribution in [2.24, 2.45) is 5.92 Å². The van der Waals surface area contributed by atoms with Crippen molar-refractivity contribution in [3.05, 3.63) is 83.8 Å². The van der Waals surface area contributed by atoms with Crippen molar-refractivity contribution >= 4 is 17.5 Å². The van der Waals surface area contributed by atoms with Crippen LogP contribution in [0.3, 0.4) is 0 Å².